The number of hydrogen-bond acceptors (Lipinski definition) is 2. The van der Waals surface area contributed by atoms with Gasteiger partial charge in [0.1, 0.15) is 0 Å². The minimum Gasteiger partial charge on any atom is -0.346 e. The number of aromatic nitrogens is 1. The number of amides is 1. The summed E-state index contributed by atoms with van der Waals surface area (Å²) in [5.74, 6) is -1.38. The van der Waals surface area contributed by atoms with Crippen LogP contribution in [0.1, 0.15) is 55.5 Å². The molecule has 1 atom stereocenters. The summed E-state index contributed by atoms with van der Waals surface area (Å²) in [5.41, 5.74) is -3.30. The Morgan fingerprint density at radius 1 is 1.00 bits per heavy atom. The zero-order chi connectivity index (χ0) is 22.0. The van der Waals surface area contributed by atoms with Crippen LogP contribution in [0.3, 0.4) is 0 Å². The van der Waals surface area contributed by atoms with E-state index in [1.807, 2.05) is 0 Å². The second-order valence-corrected chi connectivity index (χ2v) is 7.33. The van der Waals surface area contributed by atoms with Crippen molar-refractivity contribution in [1.82, 2.24) is 10.3 Å². The molecule has 0 aliphatic heterocycles. The summed E-state index contributed by atoms with van der Waals surface area (Å²) in [6, 6.07) is 6.51. The lowest BCUT2D eigenvalue weighted by Crippen LogP contribution is -2.41. The number of benzene rings is 1. The van der Waals surface area contributed by atoms with Crippen molar-refractivity contribution >= 4 is 5.91 Å². The second-order valence-electron chi connectivity index (χ2n) is 7.33. The van der Waals surface area contributed by atoms with E-state index in [9.17, 15) is 31.1 Å². The van der Waals surface area contributed by atoms with Crippen LogP contribution >= 0.6 is 0 Å². The number of hydrogen-bond donors (Lipinski definition) is 1. The van der Waals surface area contributed by atoms with Crippen LogP contribution < -0.4 is 5.32 Å². The molecule has 1 aromatic heterocycles. The van der Waals surface area contributed by atoms with Gasteiger partial charge in [0.15, 0.2) is 0 Å². The summed E-state index contributed by atoms with van der Waals surface area (Å²) in [4.78, 5) is 16.5. The van der Waals surface area contributed by atoms with Crippen molar-refractivity contribution < 1.29 is 31.1 Å². The van der Waals surface area contributed by atoms with Crippen molar-refractivity contribution in [2.24, 2.45) is 0 Å². The van der Waals surface area contributed by atoms with Gasteiger partial charge in [0, 0.05) is 12.6 Å². The molecule has 3 nitrogen and oxygen atoms in total. The molecule has 0 fully saturated rings. The minimum atomic E-state index is -4.93. The van der Waals surface area contributed by atoms with E-state index in [-0.39, 0.29) is 18.1 Å². The number of nitrogens with one attached hydrogen (secondary N) is 1. The first-order chi connectivity index (χ1) is 13.2. The lowest BCUT2D eigenvalue weighted by molar-refractivity contribution is -0.143. The summed E-state index contributed by atoms with van der Waals surface area (Å²) in [5, 5.41) is 2.72. The number of carbonyl (C=O) groups excluding carboxylic acids is 1. The van der Waals surface area contributed by atoms with Gasteiger partial charge in [0.2, 0.25) is 5.91 Å². The highest BCUT2D eigenvalue weighted by Crippen LogP contribution is 2.38. The third-order valence-corrected chi connectivity index (χ3v) is 4.43. The molecule has 2 aromatic rings. The molecule has 1 N–H and O–H groups in total. The number of carbonyl (C=O) groups is 1. The maximum absolute atomic E-state index is 13.0. The Hall–Kier alpha value is -2.58. The molecular formula is C20H20F6N2O. The van der Waals surface area contributed by atoms with Gasteiger partial charge < -0.3 is 5.32 Å². The SMILES string of the molecule is C[C@@H](CC(=O)NC(C)(C)c1ccccn1)c1cc(C(F)(F)F)cc(C(F)(F)F)c1. The van der Waals surface area contributed by atoms with Crippen molar-refractivity contribution in [3.05, 3.63) is 65.0 Å². The van der Waals surface area contributed by atoms with Gasteiger partial charge in [-0.25, -0.2) is 0 Å². The Morgan fingerprint density at radius 3 is 2.00 bits per heavy atom. The van der Waals surface area contributed by atoms with E-state index in [1.54, 1.807) is 38.2 Å². The van der Waals surface area contributed by atoms with E-state index in [1.165, 1.54) is 6.92 Å². The Bertz CT molecular complexity index is 827. The third kappa shape index (κ3) is 5.95. The maximum Gasteiger partial charge on any atom is 0.416 e. The number of halogens is 6. The van der Waals surface area contributed by atoms with Gasteiger partial charge >= 0.3 is 12.4 Å². The molecule has 0 aliphatic rings. The first-order valence-corrected chi connectivity index (χ1v) is 8.72. The standard InChI is InChI=1S/C20H20F6N2O/c1-12(8-17(29)28-18(2,3)16-6-4-5-7-27-16)13-9-14(19(21,22)23)11-15(10-13)20(24,25)26/h4-7,9-12H,8H2,1-3H3,(H,28,29)/t12-/m0/s1. The van der Waals surface area contributed by atoms with Crippen LogP contribution in [-0.4, -0.2) is 10.9 Å². The highest BCUT2D eigenvalue weighted by molar-refractivity contribution is 5.77. The van der Waals surface area contributed by atoms with Gasteiger partial charge in [-0.1, -0.05) is 13.0 Å². The van der Waals surface area contributed by atoms with Crippen LogP contribution in [0.2, 0.25) is 0 Å². The predicted octanol–water partition coefficient (Wildman–Crippen LogP) is 5.66. The van der Waals surface area contributed by atoms with Crippen LogP contribution in [-0.2, 0) is 22.7 Å². The Morgan fingerprint density at radius 2 is 1.55 bits per heavy atom. The molecule has 0 unspecified atom stereocenters. The highest BCUT2D eigenvalue weighted by Gasteiger charge is 2.37. The van der Waals surface area contributed by atoms with Gasteiger partial charge in [0.05, 0.1) is 22.4 Å². The van der Waals surface area contributed by atoms with Crippen molar-refractivity contribution in [3.63, 3.8) is 0 Å². The van der Waals surface area contributed by atoms with Crippen molar-refractivity contribution in [3.8, 4) is 0 Å². The van der Waals surface area contributed by atoms with Crippen LogP contribution in [0, 0.1) is 0 Å². The Labute approximate surface area is 164 Å². The molecule has 2 rings (SSSR count). The molecule has 158 valence electrons. The van der Waals surface area contributed by atoms with E-state index < -0.39 is 40.8 Å². The minimum absolute atomic E-state index is 0.0699. The first-order valence-electron chi connectivity index (χ1n) is 8.72. The molecule has 29 heavy (non-hydrogen) atoms. The fraction of sp³-hybridized carbons (Fsp3) is 0.400. The van der Waals surface area contributed by atoms with Gasteiger partial charge in [-0.05, 0) is 55.7 Å². The molecule has 0 aliphatic carbocycles. The molecule has 0 saturated carbocycles. The second kappa shape index (κ2) is 8.04. The monoisotopic (exact) mass is 418 g/mol. The van der Waals surface area contributed by atoms with Crippen molar-refractivity contribution in [1.29, 1.82) is 0 Å². The van der Waals surface area contributed by atoms with E-state index in [0.717, 1.165) is 0 Å². The molecule has 1 aromatic carbocycles. The summed E-state index contributed by atoms with van der Waals surface area (Å²) in [6.45, 7) is 4.80. The average molecular weight is 418 g/mol. The molecule has 9 heteroatoms. The van der Waals surface area contributed by atoms with Crippen LogP contribution in [0.15, 0.2) is 42.6 Å². The summed E-state index contributed by atoms with van der Waals surface area (Å²) < 4.78 is 78.1. The average Bonchev–Trinajstić information content (AvgIpc) is 2.60. The van der Waals surface area contributed by atoms with Gasteiger partial charge in [-0.2, -0.15) is 26.3 Å². The largest absolute Gasteiger partial charge is 0.416 e. The number of rotatable bonds is 5. The number of nitrogens with zero attached hydrogens (tertiary/aromatic N) is 1. The lowest BCUT2D eigenvalue weighted by atomic mass is 9.92. The van der Waals surface area contributed by atoms with Crippen LogP contribution in [0.25, 0.3) is 0 Å². The fourth-order valence-electron chi connectivity index (χ4n) is 2.86. The summed E-state index contributed by atoms with van der Waals surface area (Å²) in [7, 11) is 0. The number of alkyl halides is 6. The third-order valence-electron chi connectivity index (χ3n) is 4.43. The molecule has 1 heterocycles. The summed E-state index contributed by atoms with van der Waals surface area (Å²) >= 11 is 0. The van der Waals surface area contributed by atoms with Gasteiger partial charge in [0.25, 0.3) is 0 Å². The van der Waals surface area contributed by atoms with Crippen molar-refractivity contribution in [2.45, 2.75) is 51.0 Å². The fourth-order valence-corrected chi connectivity index (χ4v) is 2.86. The first kappa shape index (κ1) is 22.7. The quantitative estimate of drug-likeness (QED) is 0.637. The van der Waals surface area contributed by atoms with E-state index >= 15 is 0 Å². The van der Waals surface area contributed by atoms with Crippen LogP contribution in [0.4, 0.5) is 26.3 Å². The topological polar surface area (TPSA) is 42.0 Å². The Balaban J connectivity index is 2.23. The molecule has 0 bridgehead atoms. The highest BCUT2D eigenvalue weighted by atomic mass is 19.4. The number of pyridine rings is 1. The molecule has 0 radical (unpaired) electrons. The van der Waals surface area contributed by atoms with E-state index in [2.05, 4.69) is 10.3 Å². The smallest absolute Gasteiger partial charge is 0.346 e. The van der Waals surface area contributed by atoms with Crippen LogP contribution in [0.5, 0.6) is 0 Å². The lowest BCUT2D eigenvalue weighted by Gasteiger charge is -2.26. The molecule has 1 amide bonds. The van der Waals surface area contributed by atoms with Crippen molar-refractivity contribution in [2.75, 3.05) is 0 Å². The van der Waals surface area contributed by atoms with Gasteiger partial charge in [-0.3, -0.25) is 9.78 Å². The predicted molar refractivity (Wildman–Crippen MR) is 94.9 cm³/mol. The Kier molecular flexibility index (Phi) is 6.30. The normalized spacial score (nSPS) is 13.8. The van der Waals surface area contributed by atoms with E-state index in [0.29, 0.717) is 17.8 Å². The van der Waals surface area contributed by atoms with Gasteiger partial charge in [-0.15, -0.1) is 0 Å². The van der Waals surface area contributed by atoms with E-state index in [4.69, 9.17) is 0 Å². The molecule has 0 saturated heterocycles. The summed E-state index contributed by atoms with van der Waals surface area (Å²) in [6.07, 6.45) is -8.60. The molecular weight excluding hydrogens is 398 g/mol. The zero-order valence-electron chi connectivity index (χ0n) is 15.9. The maximum atomic E-state index is 13.0. The molecule has 0 spiro atoms. The zero-order valence-corrected chi connectivity index (χ0v) is 15.9.